The maximum Gasteiger partial charge on any atom is 0.270 e. The number of hydrogen-bond donors (Lipinski definition) is 1. The maximum atomic E-state index is 11.0. The number of nitro groups is 1. The van der Waals surface area contributed by atoms with Crippen molar-refractivity contribution in [1.82, 2.24) is 0 Å². The zero-order valence-corrected chi connectivity index (χ0v) is 13.9. The highest BCUT2D eigenvalue weighted by Crippen LogP contribution is 2.31. The zero-order chi connectivity index (χ0) is 17.8. The molecule has 1 aliphatic rings. The molecule has 0 amide bonds. The maximum absolute atomic E-state index is 11.0. The Morgan fingerprint density at radius 2 is 2.00 bits per heavy atom. The van der Waals surface area contributed by atoms with E-state index in [9.17, 15) is 15.2 Å². The first-order chi connectivity index (χ1) is 12.1. The Morgan fingerprint density at radius 3 is 2.72 bits per heavy atom. The number of phenols is 1. The van der Waals surface area contributed by atoms with E-state index in [-0.39, 0.29) is 11.4 Å². The van der Waals surface area contributed by atoms with Gasteiger partial charge in [-0.05, 0) is 24.6 Å². The Bertz CT molecular complexity index is 814. The van der Waals surface area contributed by atoms with Gasteiger partial charge in [0.05, 0.1) is 29.5 Å². The van der Waals surface area contributed by atoms with Gasteiger partial charge in [0.25, 0.3) is 5.69 Å². The normalized spacial score (nSPS) is 14.8. The van der Waals surface area contributed by atoms with E-state index in [4.69, 9.17) is 4.74 Å². The first-order valence-electron chi connectivity index (χ1n) is 8.00. The number of aromatic hydroxyl groups is 1. The van der Waals surface area contributed by atoms with Gasteiger partial charge in [0, 0.05) is 37.0 Å². The number of nitro benzene ring substituents is 1. The second kappa shape index (κ2) is 7.31. The van der Waals surface area contributed by atoms with Crippen LogP contribution in [0.4, 0.5) is 17.1 Å². The van der Waals surface area contributed by atoms with E-state index < -0.39 is 4.92 Å². The summed E-state index contributed by atoms with van der Waals surface area (Å²) in [5.74, 6) is -0.00166. The predicted molar refractivity (Wildman–Crippen MR) is 96.2 cm³/mol. The van der Waals surface area contributed by atoms with Crippen LogP contribution in [0.15, 0.2) is 41.4 Å². The van der Waals surface area contributed by atoms with Gasteiger partial charge in [-0.3, -0.25) is 15.1 Å². The third-order valence-electron chi connectivity index (χ3n) is 4.10. The first-order valence-corrected chi connectivity index (χ1v) is 8.00. The number of aliphatic imine (C=N–C) groups is 1. The highest BCUT2D eigenvalue weighted by atomic mass is 16.6. The molecular formula is C18H19N3O4. The number of rotatable bonds is 4. The number of aryl methyl sites for hydroxylation is 1. The van der Waals surface area contributed by atoms with Gasteiger partial charge in [0.1, 0.15) is 5.75 Å². The molecule has 0 bridgehead atoms. The van der Waals surface area contributed by atoms with Gasteiger partial charge >= 0.3 is 0 Å². The van der Waals surface area contributed by atoms with Gasteiger partial charge in [0.15, 0.2) is 0 Å². The predicted octanol–water partition coefficient (Wildman–Crippen LogP) is 3.20. The minimum atomic E-state index is -0.481. The summed E-state index contributed by atoms with van der Waals surface area (Å²) < 4.78 is 5.38. The molecule has 3 rings (SSSR count). The molecule has 1 fully saturated rings. The molecule has 0 aromatic heterocycles. The number of hydrogen-bond acceptors (Lipinski definition) is 6. The third-order valence-corrected chi connectivity index (χ3v) is 4.10. The SMILES string of the molecule is Cc1cc([N+](=O)[O-])cc(C=Nc2ccccc2N2CCOCC2)c1O. The Balaban J connectivity index is 1.94. The number of morpholine rings is 1. The topological polar surface area (TPSA) is 88.2 Å². The standard InChI is InChI=1S/C18H19N3O4/c1-13-10-15(21(23)24)11-14(18(13)22)12-19-16-4-2-3-5-17(16)20-6-8-25-9-7-20/h2-5,10-12,22H,6-9H2,1H3. The van der Waals surface area contributed by atoms with Gasteiger partial charge in [-0.2, -0.15) is 0 Å². The molecule has 1 aliphatic heterocycles. The van der Waals surface area contributed by atoms with Gasteiger partial charge < -0.3 is 14.7 Å². The fraction of sp³-hybridized carbons (Fsp3) is 0.278. The van der Waals surface area contributed by atoms with Gasteiger partial charge in [-0.1, -0.05) is 12.1 Å². The van der Waals surface area contributed by atoms with Crippen LogP contribution < -0.4 is 4.90 Å². The molecule has 7 heteroatoms. The summed E-state index contributed by atoms with van der Waals surface area (Å²) in [4.78, 5) is 17.2. The summed E-state index contributed by atoms with van der Waals surface area (Å²) in [5.41, 5.74) is 2.41. The Hall–Kier alpha value is -2.93. The van der Waals surface area contributed by atoms with Crippen molar-refractivity contribution in [3.05, 3.63) is 57.6 Å². The molecule has 25 heavy (non-hydrogen) atoms. The zero-order valence-electron chi connectivity index (χ0n) is 13.9. The van der Waals surface area contributed by atoms with Crippen LogP contribution in [0.2, 0.25) is 0 Å². The average molecular weight is 341 g/mol. The molecule has 130 valence electrons. The molecule has 0 spiro atoms. The van der Waals surface area contributed by atoms with Crippen molar-refractivity contribution >= 4 is 23.3 Å². The van der Waals surface area contributed by atoms with E-state index in [1.165, 1.54) is 18.3 Å². The number of benzene rings is 2. The van der Waals surface area contributed by atoms with Gasteiger partial charge in [-0.15, -0.1) is 0 Å². The largest absolute Gasteiger partial charge is 0.507 e. The molecule has 1 heterocycles. The lowest BCUT2D eigenvalue weighted by molar-refractivity contribution is -0.384. The molecule has 0 saturated carbocycles. The minimum absolute atomic E-state index is 0.00166. The van der Waals surface area contributed by atoms with Crippen LogP contribution in [0.25, 0.3) is 0 Å². The van der Waals surface area contributed by atoms with Crippen LogP contribution in [0.3, 0.4) is 0 Å². The van der Waals surface area contributed by atoms with Crippen molar-refractivity contribution < 1.29 is 14.8 Å². The van der Waals surface area contributed by atoms with Gasteiger partial charge in [-0.25, -0.2) is 0 Å². The van der Waals surface area contributed by atoms with Crippen LogP contribution in [0, 0.1) is 17.0 Å². The molecule has 0 unspecified atom stereocenters. The highest BCUT2D eigenvalue weighted by Gasteiger charge is 2.15. The van der Waals surface area contributed by atoms with Crippen LogP contribution in [0.1, 0.15) is 11.1 Å². The third kappa shape index (κ3) is 3.77. The van der Waals surface area contributed by atoms with E-state index in [1.54, 1.807) is 6.92 Å². The second-order valence-electron chi connectivity index (χ2n) is 5.80. The molecule has 0 radical (unpaired) electrons. The van der Waals surface area contributed by atoms with E-state index in [0.717, 1.165) is 24.5 Å². The summed E-state index contributed by atoms with van der Waals surface area (Å²) in [6, 6.07) is 10.4. The number of non-ortho nitro benzene ring substituents is 1. The number of ether oxygens (including phenoxy) is 1. The van der Waals surface area contributed by atoms with Crippen molar-refractivity contribution in [3.8, 4) is 5.75 Å². The van der Waals surface area contributed by atoms with Crippen LogP contribution in [0.5, 0.6) is 5.75 Å². The van der Waals surface area contributed by atoms with Crippen molar-refractivity contribution in [1.29, 1.82) is 0 Å². The van der Waals surface area contributed by atoms with E-state index in [2.05, 4.69) is 9.89 Å². The Labute approximate surface area is 145 Å². The summed E-state index contributed by atoms with van der Waals surface area (Å²) in [5, 5.41) is 21.2. The number of nitrogens with zero attached hydrogens (tertiary/aromatic N) is 3. The quantitative estimate of drug-likeness (QED) is 0.524. The fourth-order valence-corrected chi connectivity index (χ4v) is 2.78. The lowest BCUT2D eigenvalue weighted by Crippen LogP contribution is -2.36. The Morgan fingerprint density at radius 1 is 1.28 bits per heavy atom. The van der Waals surface area contributed by atoms with Crippen molar-refractivity contribution in [2.75, 3.05) is 31.2 Å². The summed E-state index contributed by atoms with van der Waals surface area (Å²) in [6.45, 7) is 4.54. The average Bonchev–Trinajstić information content (AvgIpc) is 2.63. The second-order valence-corrected chi connectivity index (χ2v) is 5.80. The van der Waals surface area contributed by atoms with E-state index in [1.807, 2.05) is 24.3 Å². The number of phenolic OH excluding ortho intramolecular Hbond substituents is 1. The molecule has 0 aliphatic carbocycles. The lowest BCUT2D eigenvalue weighted by Gasteiger charge is -2.29. The van der Waals surface area contributed by atoms with E-state index >= 15 is 0 Å². The van der Waals surface area contributed by atoms with Crippen molar-refractivity contribution in [3.63, 3.8) is 0 Å². The summed E-state index contributed by atoms with van der Waals surface area (Å²) in [7, 11) is 0. The number of para-hydroxylation sites is 2. The first kappa shape index (κ1) is 16.9. The highest BCUT2D eigenvalue weighted by molar-refractivity contribution is 5.88. The molecule has 7 nitrogen and oxygen atoms in total. The lowest BCUT2D eigenvalue weighted by atomic mass is 10.1. The van der Waals surface area contributed by atoms with Crippen LogP contribution in [-0.2, 0) is 4.74 Å². The monoisotopic (exact) mass is 341 g/mol. The molecule has 1 N–H and O–H groups in total. The van der Waals surface area contributed by atoms with Gasteiger partial charge in [0.2, 0.25) is 0 Å². The fourth-order valence-electron chi connectivity index (χ4n) is 2.78. The number of anilines is 1. The van der Waals surface area contributed by atoms with E-state index in [0.29, 0.717) is 24.3 Å². The Kier molecular flexibility index (Phi) is 4.95. The molecule has 2 aromatic rings. The minimum Gasteiger partial charge on any atom is -0.507 e. The smallest absolute Gasteiger partial charge is 0.270 e. The summed E-state index contributed by atoms with van der Waals surface area (Å²) in [6.07, 6.45) is 1.47. The molecule has 1 saturated heterocycles. The van der Waals surface area contributed by atoms with Crippen LogP contribution >= 0.6 is 0 Å². The van der Waals surface area contributed by atoms with Crippen molar-refractivity contribution in [2.45, 2.75) is 6.92 Å². The molecule has 2 aromatic carbocycles. The summed E-state index contributed by atoms with van der Waals surface area (Å²) >= 11 is 0. The van der Waals surface area contributed by atoms with Crippen molar-refractivity contribution in [2.24, 2.45) is 4.99 Å². The molecule has 0 atom stereocenters. The molecular weight excluding hydrogens is 322 g/mol. The van der Waals surface area contributed by atoms with Crippen LogP contribution in [-0.4, -0.2) is 42.5 Å².